The number of hydrogen-bond donors (Lipinski definition) is 0. The number of ether oxygens (including phenoxy) is 4. The lowest BCUT2D eigenvalue weighted by Crippen LogP contribution is -2.32. The van der Waals surface area contributed by atoms with Gasteiger partial charge in [-0.05, 0) is 53.0 Å². The molecule has 0 N–H and O–H groups in total. The molecule has 1 aromatic carbocycles. The first-order valence-electron chi connectivity index (χ1n) is 14.6. The Kier molecular flexibility index (Phi) is 7.94. The molecule has 0 saturated carbocycles. The van der Waals surface area contributed by atoms with Crippen LogP contribution in [0.25, 0.3) is 50.3 Å². The normalized spacial score (nSPS) is 14.0. The van der Waals surface area contributed by atoms with Crippen LogP contribution in [0.1, 0.15) is 38.8 Å². The van der Waals surface area contributed by atoms with Crippen LogP contribution in [0, 0.1) is 35.8 Å². The van der Waals surface area contributed by atoms with Crippen LogP contribution >= 0.6 is 45.3 Å². The van der Waals surface area contributed by atoms with Crippen LogP contribution in [0.3, 0.4) is 0 Å². The summed E-state index contributed by atoms with van der Waals surface area (Å²) in [6.45, 7) is 22.4. The molecule has 5 aromatic rings. The van der Waals surface area contributed by atoms with Crippen molar-refractivity contribution in [3.63, 3.8) is 0 Å². The first-order chi connectivity index (χ1) is 23.9. The number of guanidine groups is 1. The van der Waals surface area contributed by atoms with Crippen molar-refractivity contribution in [2.75, 3.05) is 14.2 Å². The molecule has 12 nitrogen and oxygen atoms in total. The van der Waals surface area contributed by atoms with Crippen molar-refractivity contribution in [2.45, 2.75) is 38.9 Å². The molecule has 0 atom stereocenters. The zero-order valence-electron chi connectivity index (χ0n) is 27.2. The van der Waals surface area contributed by atoms with E-state index < -0.39 is 11.2 Å². The summed E-state index contributed by atoms with van der Waals surface area (Å²) >= 11 is 5.49. The van der Waals surface area contributed by atoms with E-state index in [9.17, 15) is 10.5 Å². The average Bonchev–Trinajstić information content (AvgIpc) is 3.89. The highest BCUT2D eigenvalue weighted by Gasteiger charge is 2.42. The highest BCUT2D eigenvalue weighted by molar-refractivity contribution is 7.26. The van der Waals surface area contributed by atoms with Gasteiger partial charge >= 0.3 is 5.96 Å². The summed E-state index contributed by atoms with van der Waals surface area (Å²) in [6, 6.07) is 11.3. The van der Waals surface area contributed by atoms with Gasteiger partial charge in [0.1, 0.15) is 59.6 Å². The quantitative estimate of drug-likeness (QED) is 0.0953. The zero-order valence-corrected chi connectivity index (χ0v) is 30.4. The number of nitriles is 2. The predicted molar refractivity (Wildman–Crippen MR) is 194 cm³/mol. The minimum Gasteiger partial charge on any atom is -0.495 e. The van der Waals surface area contributed by atoms with E-state index >= 15 is 0 Å². The Morgan fingerprint density at radius 1 is 0.720 bits per heavy atom. The van der Waals surface area contributed by atoms with E-state index in [1.807, 2.05) is 27.7 Å². The highest BCUT2D eigenvalue weighted by Crippen LogP contribution is 2.57. The average molecular weight is 735 g/mol. The first kappa shape index (κ1) is 32.9. The number of nitrogens with zero attached hydrogens (tertiary/aromatic N) is 8. The van der Waals surface area contributed by atoms with Gasteiger partial charge in [-0.1, -0.05) is 11.3 Å². The Bertz CT molecular complexity index is 2280. The van der Waals surface area contributed by atoms with Crippen molar-refractivity contribution < 1.29 is 18.9 Å². The highest BCUT2D eigenvalue weighted by atomic mass is 32.1. The summed E-state index contributed by atoms with van der Waals surface area (Å²) in [5.41, 5.74) is 2.19. The van der Waals surface area contributed by atoms with Gasteiger partial charge in [0.25, 0.3) is 5.00 Å². The van der Waals surface area contributed by atoms with Crippen LogP contribution in [0.4, 0.5) is 10.0 Å². The molecule has 0 radical (unpaired) electrons. The van der Waals surface area contributed by atoms with Crippen molar-refractivity contribution in [1.82, 2.24) is 9.97 Å². The molecule has 50 heavy (non-hydrogen) atoms. The second-order valence-corrected chi connectivity index (χ2v) is 15.8. The number of aromatic nitrogens is 2. The monoisotopic (exact) mass is 734 g/mol. The van der Waals surface area contributed by atoms with Gasteiger partial charge in [0, 0.05) is 33.3 Å². The van der Waals surface area contributed by atoms with Crippen molar-refractivity contribution in [1.29, 1.82) is 10.5 Å². The standard InChI is InChI=1S/C34H22N8O4S4/c1-33(2)18-10-17-19(9-16(18)24-28(45-33)41-30(49-24)26-20(43-7)11-22(47-26)39-15(13-35)14-36)34(3,4)46-29-25(17)50-31(42-29)27-21(44-8)12-23(48-27)40-32(37-5)38-6/h9-12H,1-4,7-8H3. The smallest absolute Gasteiger partial charge is 0.495 e. The Morgan fingerprint density at radius 2 is 1.16 bits per heavy atom. The number of aliphatic imine (C=N–C) groups is 2. The zero-order chi connectivity index (χ0) is 35.5. The second-order valence-electron chi connectivity index (χ2n) is 11.8. The minimum absolute atomic E-state index is 0.246. The molecular weight excluding hydrogens is 713 g/mol. The van der Waals surface area contributed by atoms with E-state index in [1.165, 1.54) is 45.3 Å². The molecule has 0 unspecified atom stereocenters. The molecule has 0 fully saturated rings. The SMILES string of the molecule is [C-]#[N+]C(=Nc1cc(OC)c(-c2nc3c(s2)-c2cc4c(cc2C(C)(C)O3)-c2sc(-c3sc(N=C(C#N)C#N)cc3OC)nc2OC4(C)C)s1)[N+]#[C-]. The molecule has 4 aromatic heterocycles. The number of rotatable bonds is 6. The van der Waals surface area contributed by atoms with Gasteiger partial charge in [-0.15, -0.1) is 34.0 Å². The lowest BCUT2D eigenvalue weighted by molar-refractivity contribution is 0.0954. The van der Waals surface area contributed by atoms with Crippen LogP contribution in [0.15, 0.2) is 34.3 Å². The Labute approximate surface area is 302 Å². The summed E-state index contributed by atoms with van der Waals surface area (Å²) in [7, 11) is 3.10. The van der Waals surface area contributed by atoms with Crippen molar-refractivity contribution >= 4 is 67.0 Å². The molecule has 7 rings (SSSR count). The number of thiophene rings is 2. The summed E-state index contributed by atoms with van der Waals surface area (Å²) < 4.78 is 24.4. The Balaban J connectivity index is 1.35. The third kappa shape index (κ3) is 5.36. The van der Waals surface area contributed by atoms with E-state index in [2.05, 4.69) is 31.8 Å². The molecule has 0 saturated heterocycles. The number of fused-ring (bicyclic) bond motifs is 6. The van der Waals surface area contributed by atoms with E-state index in [4.69, 9.17) is 42.1 Å². The number of methoxy groups -OCH3 is 2. The lowest BCUT2D eigenvalue weighted by Gasteiger charge is -2.37. The van der Waals surface area contributed by atoms with Gasteiger partial charge in [0.2, 0.25) is 17.5 Å². The van der Waals surface area contributed by atoms with E-state index in [1.54, 1.807) is 38.5 Å². The second kappa shape index (κ2) is 12.1. The summed E-state index contributed by atoms with van der Waals surface area (Å²) in [5, 5.41) is 20.6. The fourth-order valence-corrected chi connectivity index (χ4v) is 9.85. The molecule has 16 heteroatoms. The Hall–Kier alpha value is -5.62. The molecular formula is C34H22N8O4S4. The van der Waals surface area contributed by atoms with Crippen LogP contribution in [-0.4, -0.2) is 35.9 Å². The third-order valence-electron chi connectivity index (χ3n) is 7.88. The van der Waals surface area contributed by atoms with E-state index in [0.29, 0.717) is 48.2 Å². The summed E-state index contributed by atoms with van der Waals surface area (Å²) in [4.78, 5) is 27.6. The topological polar surface area (TPSA) is 144 Å². The van der Waals surface area contributed by atoms with Gasteiger partial charge in [-0.3, -0.25) is 0 Å². The van der Waals surface area contributed by atoms with Crippen LogP contribution < -0.4 is 18.9 Å². The largest absolute Gasteiger partial charge is 0.635 e. The summed E-state index contributed by atoms with van der Waals surface area (Å²) in [5.74, 6) is 1.79. The van der Waals surface area contributed by atoms with Crippen LogP contribution in [0.2, 0.25) is 0 Å². The van der Waals surface area contributed by atoms with Gasteiger partial charge in [-0.2, -0.15) is 10.5 Å². The van der Waals surface area contributed by atoms with Crippen molar-refractivity contribution in [2.24, 2.45) is 9.98 Å². The van der Waals surface area contributed by atoms with Crippen LogP contribution in [0.5, 0.6) is 23.3 Å². The number of hydrogen-bond acceptors (Lipinski definition) is 14. The maximum atomic E-state index is 9.19. The Morgan fingerprint density at radius 3 is 1.56 bits per heavy atom. The van der Waals surface area contributed by atoms with Gasteiger partial charge in [0.15, 0.2) is 0 Å². The lowest BCUT2D eigenvalue weighted by atomic mass is 9.81. The maximum absolute atomic E-state index is 9.19. The van der Waals surface area contributed by atoms with Crippen LogP contribution in [-0.2, 0) is 11.2 Å². The van der Waals surface area contributed by atoms with Crippen molar-refractivity contribution in [3.8, 4) is 76.0 Å². The van der Waals surface area contributed by atoms with Gasteiger partial charge in [-0.25, -0.2) is 24.7 Å². The number of benzene rings is 1. The molecule has 2 aliphatic rings. The molecule has 246 valence electrons. The first-order valence-corrected chi connectivity index (χ1v) is 17.9. The molecule has 0 amide bonds. The summed E-state index contributed by atoms with van der Waals surface area (Å²) in [6.07, 6.45) is 0. The fraction of sp³-hybridized carbons (Fsp3) is 0.235. The van der Waals surface area contributed by atoms with E-state index in [0.717, 1.165) is 36.9 Å². The molecule has 2 aliphatic heterocycles. The van der Waals surface area contributed by atoms with E-state index in [-0.39, 0.29) is 11.7 Å². The molecule has 0 aliphatic carbocycles. The maximum Gasteiger partial charge on any atom is 0.635 e. The van der Waals surface area contributed by atoms with Crippen molar-refractivity contribution in [3.05, 3.63) is 58.2 Å². The number of thiazole rings is 2. The molecule has 0 bridgehead atoms. The minimum atomic E-state index is -0.740. The molecule has 0 spiro atoms. The third-order valence-corrected chi connectivity index (χ3v) is 12.3. The predicted octanol–water partition coefficient (Wildman–Crippen LogP) is 9.61. The molecule has 6 heterocycles. The van der Waals surface area contributed by atoms with Gasteiger partial charge in [0.05, 0.1) is 30.0 Å². The van der Waals surface area contributed by atoms with Gasteiger partial charge < -0.3 is 18.9 Å². The fourth-order valence-electron chi connectivity index (χ4n) is 5.64.